The molecule has 0 saturated heterocycles. The summed E-state index contributed by atoms with van der Waals surface area (Å²) < 4.78 is 41.9. The molecule has 0 unspecified atom stereocenters. The lowest BCUT2D eigenvalue weighted by atomic mass is 10.0. The number of nitrogens with zero attached hydrogens (tertiary/aromatic N) is 2. The Morgan fingerprint density at radius 2 is 1.81 bits per heavy atom. The van der Waals surface area contributed by atoms with E-state index < -0.39 is 51.0 Å². The topological polar surface area (TPSA) is 179 Å². The Bertz CT molecular complexity index is 2040. The molecule has 1 heterocycles. The Labute approximate surface area is 270 Å². The molecule has 1 aromatic heterocycles. The fourth-order valence-corrected chi connectivity index (χ4v) is 5.92. The number of aromatic nitrogens is 2. The molecule has 14 heteroatoms. The summed E-state index contributed by atoms with van der Waals surface area (Å²) in [6, 6.07) is 13.4. The van der Waals surface area contributed by atoms with E-state index in [1.165, 1.54) is 24.3 Å². The molecule has 3 aromatic carbocycles. The predicted octanol–water partition coefficient (Wildman–Crippen LogP) is 3.04. The maximum atomic E-state index is 15.3. The fourth-order valence-electron chi connectivity index (χ4n) is 4.87. The number of aryl methyl sites for hydroxylation is 2. The van der Waals surface area contributed by atoms with Crippen LogP contribution < -0.4 is 20.5 Å². The van der Waals surface area contributed by atoms with Crippen LogP contribution >= 0.6 is 0 Å². The molecule has 0 fully saturated rings. The third-order valence-electron chi connectivity index (χ3n) is 7.28. The van der Waals surface area contributed by atoms with E-state index in [0.717, 1.165) is 17.2 Å². The number of aromatic amines is 1. The van der Waals surface area contributed by atoms with E-state index in [0.29, 0.717) is 22.4 Å². The summed E-state index contributed by atoms with van der Waals surface area (Å²) in [4.78, 5) is 58.1. The number of carboxylic acid groups (broad SMARTS) is 1. The van der Waals surface area contributed by atoms with Crippen molar-refractivity contribution < 1.29 is 32.3 Å². The van der Waals surface area contributed by atoms with Crippen molar-refractivity contribution in [3.63, 3.8) is 0 Å². The van der Waals surface area contributed by atoms with Crippen LogP contribution in [0.5, 0.6) is 0 Å². The van der Waals surface area contributed by atoms with Crippen molar-refractivity contribution in [2.24, 2.45) is 0 Å². The zero-order valence-corrected chi connectivity index (χ0v) is 26.4. The highest BCUT2D eigenvalue weighted by Crippen LogP contribution is 2.24. The van der Waals surface area contributed by atoms with E-state index in [9.17, 15) is 32.7 Å². The second kappa shape index (κ2) is 14.7. The van der Waals surface area contributed by atoms with Crippen LogP contribution in [-0.4, -0.2) is 59.6 Å². The zero-order valence-electron chi connectivity index (χ0n) is 25.5. The number of carboxylic acids is 1. The molecule has 1 atom stereocenters. The molecular formula is C33H32FN5O7S. The summed E-state index contributed by atoms with van der Waals surface area (Å²) in [6.07, 6.45) is 5.06. The molecule has 0 bridgehead atoms. The third kappa shape index (κ3) is 8.80. The summed E-state index contributed by atoms with van der Waals surface area (Å²) in [5, 5.41) is 12.2. The van der Waals surface area contributed by atoms with Crippen LogP contribution in [0.4, 0.5) is 10.1 Å². The highest BCUT2D eigenvalue weighted by molar-refractivity contribution is 7.90. The van der Waals surface area contributed by atoms with Gasteiger partial charge in [-0.3, -0.25) is 14.4 Å². The van der Waals surface area contributed by atoms with Gasteiger partial charge in [0, 0.05) is 17.8 Å². The van der Waals surface area contributed by atoms with Gasteiger partial charge in [-0.15, -0.1) is 6.42 Å². The van der Waals surface area contributed by atoms with E-state index in [1.807, 2.05) is 11.6 Å². The van der Waals surface area contributed by atoms with Crippen LogP contribution in [0, 0.1) is 32.0 Å². The van der Waals surface area contributed by atoms with Crippen LogP contribution in [0.15, 0.2) is 65.5 Å². The molecule has 0 saturated carbocycles. The van der Waals surface area contributed by atoms with E-state index in [4.69, 9.17) is 6.42 Å². The molecule has 4 rings (SSSR count). The molecule has 4 N–H and O–H groups in total. The maximum Gasteiger partial charge on any atom is 0.326 e. The number of halogens is 1. The van der Waals surface area contributed by atoms with Crippen LogP contribution in [0.2, 0.25) is 0 Å². The number of rotatable bonds is 13. The van der Waals surface area contributed by atoms with Crippen LogP contribution in [0.3, 0.4) is 0 Å². The number of fused-ring (bicyclic) bond motifs is 1. The zero-order chi connectivity index (χ0) is 34.3. The Hall–Kier alpha value is -5.55. The number of carbonyl (C=O) groups is 3. The number of terminal acetylenes is 1. The van der Waals surface area contributed by atoms with Gasteiger partial charge in [-0.25, -0.2) is 27.3 Å². The highest BCUT2D eigenvalue weighted by Gasteiger charge is 2.24. The van der Waals surface area contributed by atoms with Crippen molar-refractivity contribution in [1.82, 2.24) is 20.0 Å². The number of H-pyrrole nitrogens is 1. The first-order valence-corrected chi connectivity index (χ1v) is 16.0. The summed E-state index contributed by atoms with van der Waals surface area (Å²) >= 11 is 0. The van der Waals surface area contributed by atoms with Crippen molar-refractivity contribution in [1.29, 1.82) is 0 Å². The van der Waals surface area contributed by atoms with Gasteiger partial charge in [0.25, 0.3) is 17.4 Å². The smallest absolute Gasteiger partial charge is 0.326 e. The standard InChI is InChI=1S/C33H32FN5O7S/c1-4-14-39(19-23-17-26-29(16-20(23)2)35-21(3)36-32(26)42)24-12-13-25(27(34)18-24)31(41)37-28(33(43)44)11-8-15-47(45,46)38-30(40)22-9-6-5-7-10-22/h1,5-7,9-10,12-13,16-18,28H,8,11,14-15,19H2,2-3H3,(H,37,41)(H,38,40)(H,43,44)(H,35,36,42)/t28-/m0/s1. The van der Waals surface area contributed by atoms with E-state index in [2.05, 4.69) is 21.2 Å². The average Bonchev–Trinajstić information content (AvgIpc) is 3.00. The summed E-state index contributed by atoms with van der Waals surface area (Å²) in [6.45, 7) is 3.81. The first-order valence-electron chi connectivity index (χ1n) is 14.4. The van der Waals surface area contributed by atoms with Crippen molar-refractivity contribution in [2.45, 2.75) is 39.3 Å². The minimum Gasteiger partial charge on any atom is -0.480 e. The van der Waals surface area contributed by atoms with Gasteiger partial charge in [0.1, 0.15) is 17.7 Å². The van der Waals surface area contributed by atoms with Crippen molar-refractivity contribution >= 4 is 44.4 Å². The quantitative estimate of drug-likeness (QED) is 0.157. The number of hydrogen-bond donors (Lipinski definition) is 4. The molecule has 4 aromatic rings. The Balaban J connectivity index is 1.43. The predicted molar refractivity (Wildman–Crippen MR) is 174 cm³/mol. The monoisotopic (exact) mass is 661 g/mol. The van der Waals surface area contributed by atoms with Gasteiger partial charge < -0.3 is 20.3 Å². The minimum absolute atomic E-state index is 0.0702. The lowest BCUT2D eigenvalue weighted by Crippen LogP contribution is -2.41. The normalized spacial score (nSPS) is 11.8. The van der Waals surface area contributed by atoms with E-state index in [1.54, 1.807) is 42.2 Å². The maximum absolute atomic E-state index is 15.3. The fraction of sp³-hybridized carbons (Fsp3) is 0.242. The number of hydrogen-bond acceptors (Lipinski definition) is 8. The number of anilines is 1. The second-order valence-electron chi connectivity index (χ2n) is 10.8. The van der Waals surface area contributed by atoms with Crippen LogP contribution in [0.1, 0.15) is 50.5 Å². The van der Waals surface area contributed by atoms with Crippen molar-refractivity contribution in [3.8, 4) is 12.3 Å². The first kappa shape index (κ1) is 34.3. The number of carbonyl (C=O) groups excluding carboxylic acids is 2. The first-order chi connectivity index (χ1) is 22.3. The van der Waals surface area contributed by atoms with Gasteiger partial charge in [0.2, 0.25) is 10.0 Å². The average molecular weight is 662 g/mol. The molecule has 12 nitrogen and oxygen atoms in total. The Morgan fingerprint density at radius 1 is 1.09 bits per heavy atom. The van der Waals surface area contributed by atoms with Gasteiger partial charge in [-0.1, -0.05) is 24.1 Å². The molecule has 0 radical (unpaired) electrons. The third-order valence-corrected chi connectivity index (χ3v) is 8.60. The molecule has 0 aliphatic carbocycles. The van der Waals surface area contributed by atoms with Crippen LogP contribution in [0.25, 0.3) is 10.9 Å². The number of sulfonamides is 1. The number of aliphatic carboxylic acids is 1. The Kier molecular flexibility index (Phi) is 10.7. The summed E-state index contributed by atoms with van der Waals surface area (Å²) in [5.74, 6) is -1.82. The largest absolute Gasteiger partial charge is 0.480 e. The molecule has 0 aliphatic heterocycles. The van der Waals surface area contributed by atoms with Gasteiger partial charge in [0.15, 0.2) is 0 Å². The van der Waals surface area contributed by atoms with Gasteiger partial charge in [-0.2, -0.15) is 0 Å². The van der Waals surface area contributed by atoms with E-state index >= 15 is 4.39 Å². The molecule has 2 amide bonds. The van der Waals surface area contributed by atoms with Gasteiger partial charge >= 0.3 is 5.97 Å². The van der Waals surface area contributed by atoms with Gasteiger partial charge in [-0.05, 0) is 80.3 Å². The summed E-state index contributed by atoms with van der Waals surface area (Å²) in [7, 11) is -4.10. The van der Waals surface area contributed by atoms with Crippen molar-refractivity contribution in [2.75, 3.05) is 17.2 Å². The SMILES string of the molecule is C#CCN(Cc1cc2c(=O)[nH]c(C)nc2cc1C)c1ccc(C(=O)N[C@@H](CCCS(=O)(=O)NC(=O)c2ccccc2)C(=O)O)c(F)c1. The number of nitrogens with one attached hydrogen (secondary N) is 3. The molecule has 47 heavy (non-hydrogen) atoms. The molecule has 244 valence electrons. The molecule has 0 spiro atoms. The molecule has 0 aliphatic rings. The number of benzene rings is 3. The summed E-state index contributed by atoms with van der Waals surface area (Å²) in [5.41, 5.74) is 1.86. The highest BCUT2D eigenvalue weighted by atomic mass is 32.2. The second-order valence-corrected chi connectivity index (χ2v) is 12.6. The van der Waals surface area contributed by atoms with E-state index in [-0.39, 0.29) is 37.1 Å². The Morgan fingerprint density at radius 3 is 2.47 bits per heavy atom. The number of amides is 2. The lowest BCUT2D eigenvalue weighted by Gasteiger charge is -2.24. The van der Waals surface area contributed by atoms with Gasteiger partial charge in [0.05, 0.1) is 28.8 Å². The van der Waals surface area contributed by atoms with Crippen LogP contribution in [-0.2, 0) is 21.4 Å². The van der Waals surface area contributed by atoms with Crippen molar-refractivity contribution in [3.05, 3.63) is 105 Å². The molecular weight excluding hydrogens is 629 g/mol. The minimum atomic E-state index is -4.10. The lowest BCUT2D eigenvalue weighted by molar-refractivity contribution is -0.139.